The van der Waals surface area contributed by atoms with Crippen molar-refractivity contribution in [3.05, 3.63) is 71.7 Å². The molecule has 3 amide bonds. The molecule has 2 aromatic carbocycles. The van der Waals surface area contributed by atoms with E-state index in [0.717, 1.165) is 11.0 Å². The molecule has 150 valence electrons. The van der Waals surface area contributed by atoms with E-state index < -0.39 is 0 Å². The van der Waals surface area contributed by atoms with Crippen LogP contribution in [0.2, 0.25) is 0 Å². The molecular formula is C21H23N5O3. The van der Waals surface area contributed by atoms with Gasteiger partial charge in [0, 0.05) is 24.5 Å². The second-order valence-electron chi connectivity index (χ2n) is 6.35. The molecule has 0 spiro atoms. The SMILES string of the molecule is C=CCNC(=O)Nc1ccc(NC(=O)Cn2c(=O)n(CC)c3ccccc32)cc1. The van der Waals surface area contributed by atoms with Crippen molar-refractivity contribution in [2.45, 2.75) is 20.0 Å². The Kier molecular flexibility index (Phi) is 6.13. The van der Waals surface area contributed by atoms with Crippen LogP contribution in [0, 0.1) is 0 Å². The summed E-state index contributed by atoms with van der Waals surface area (Å²) in [5, 5.41) is 8.06. The van der Waals surface area contributed by atoms with E-state index in [0.29, 0.717) is 24.5 Å². The van der Waals surface area contributed by atoms with Gasteiger partial charge in [0.05, 0.1) is 11.0 Å². The van der Waals surface area contributed by atoms with E-state index in [4.69, 9.17) is 0 Å². The molecule has 3 rings (SSSR count). The molecule has 0 fully saturated rings. The van der Waals surface area contributed by atoms with Gasteiger partial charge in [-0.15, -0.1) is 6.58 Å². The molecule has 0 aliphatic carbocycles. The number of benzene rings is 2. The topological polar surface area (TPSA) is 97.2 Å². The van der Waals surface area contributed by atoms with Crippen molar-refractivity contribution < 1.29 is 9.59 Å². The van der Waals surface area contributed by atoms with Gasteiger partial charge >= 0.3 is 11.7 Å². The summed E-state index contributed by atoms with van der Waals surface area (Å²) < 4.78 is 3.11. The summed E-state index contributed by atoms with van der Waals surface area (Å²) in [6.07, 6.45) is 1.58. The van der Waals surface area contributed by atoms with Gasteiger partial charge in [-0.2, -0.15) is 0 Å². The van der Waals surface area contributed by atoms with Gasteiger partial charge in [-0.05, 0) is 43.3 Å². The minimum Gasteiger partial charge on any atom is -0.334 e. The van der Waals surface area contributed by atoms with E-state index in [2.05, 4.69) is 22.5 Å². The molecule has 0 saturated carbocycles. The molecule has 1 aromatic heterocycles. The van der Waals surface area contributed by atoms with Crippen LogP contribution in [0.4, 0.5) is 16.2 Å². The number of nitrogens with one attached hydrogen (secondary N) is 3. The number of para-hydroxylation sites is 2. The predicted octanol–water partition coefficient (Wildman–Crippen LogP) is 2.77. The third-order valence-electron chi connectivity index (χ3n) is 4.38. The summed E-state index contributed by atoms with van der Waals surface area (Å²) >= 11 is 0. The van der Waals surface area contributed by atoms with Crippen LogP contribution in [0.5, 0.6) is 0 Å². The summed E-state index contributed by atoms with van der Waals surface area (Å²) in [5.74, 6) is -0.310. The van der Waals surface area contributed by atoms with Crippen LogP contribution in [-0.4, -0.2) is 27.6 Å². The van der Waals surface area contributed by atoms with Crippen LogP contribution in [-0.2, 0) is 17.9 Å². The third-order valence-corrected chi connectivity index (χ3v) is 4.38. The normalized spacial score (nSPS) is 10.5. The third kappa shape index (κ3) is 4.55. The maximum absolute atomic E-state index is 12.6. The van der Waals surface area contributed by atoms with Gasteiger partial charge in [-0.25, -0.2) is 9.59 Å². The monoisotopic (exact) mass is 393 g/mol. The van der Waals surface area contributed by atoms with E-state index in [1.165, 1.54) is 4.57 Å². The quantitative estimate of drug-likeness (QED) is 0.539. The first-order valence-corrected chi connectivity index (χ1v) is 9.27. The summed E-state index contributed by atoms with van der Waals surface area (Å²) in [7, 11) is 0. The average Bonchev–Trinajstić information content (AvgIpc) is 2.99. The van der Waals surface area contributed by atoms with Crippen molar-refractivity contribution in [1.82, 2.24) is 14.5 Å². The van der Waals surface area contributed by atoms with Crippen molar-refractivity contribution in [2.24, 2.45) is 0 Å². The van der Waals surface area contributed by atoms with Crippen molar-refractivity contribution in [3.8, 4) is 0 Å². The fraction of sp³-hybridized carbons (Fsp3) is 0.190. The van der Waals surface area contributed by atoms with Crippen LogP contribution >= 0.6 is 0 Å². The Hall–Kier alpha value is -3.81. The minimum atomic E-state index is -0.339. The number of amides is 3. The number of imidazole rings is 1. The fourth-order valence-corrected chi connectivity index (χ4v) is 3.05. The molecule has 0 aliphatic heterocycles. The second kappa shape index (κ2) is 8.92. The summed E-state index contributed by atoms with van der Waals surface area (Å²) in [4.78, 5) is 36.7. The van der Waals surface area contributed by atoms with Crippen LogP contribution in [0.15, 0.2) is 66.0 Å². The highest BCUT2D eigenvalue weighted by Gasteiger charge is 2.14. The van der Waals surface area contributed by atoms with Crippen molar-refractivity contribution in [2.75, 3.05) is 17.2 Å². The van der Waals surface area contributed by atoms with E-state index >= 15 is 0 Å². The minimum absolute atomic E-state index is 0.0870. The van der Waals surface area contributed by atoms with Crippen LogP contribution in [0.25, 0.3) is 11.0 Å². The molecule has 3 aromatic rings. The molecule has 8 nitrogen and oxygen atoms in total. The number of urea groups is 1. The molecule has 0 atom stereocenters. The zero-order chi connectivity index (χ0) is 20.8. The molecule has 29 heavy (non-hydrogen) atoms. The number of carbonyl (C=O) groups is 2. The fourth-order valence-electron chi connectivity index (χ4n) is 3.05. The number of carbonyl (C=O) groups excluding carboxylic acids is 2. The van der Waals surface area contributed by atoms with Gasteiger partial charge in [0.2, 0.25) is 5.91 Å². The highest BCUT2D eigenvalue weighted by Crippen LogP contribution is 2.15. The molecule has 0 bridgehead atoms. The Morgan fingerprint density at radius 2 is 1.55 bits per heavy atom. The van der Waals surface area contributed by atoms with Gasteiger partial charge in [0.1, 0.15) is 6.54 Å². The second-order valence-corrected chi connectivity index (χ2v) is 6.35. The number of hydrogen-bond acceptors (Lipinski definition) is 3. The van der Waals surface area contributed by atoms with Gasteiger partial charge < -0.3 is 16.0 Å². The first-order valence-electron chi connectivity index (χ1n) is 9.27. The Morgan fingerprint density at radius 3 is 2.14 bits per heavy atom. The average molecular weight is 393 g/mol. The Balaban J connectivity index is 1.68. The van der Waals surface area contributed by atoms with E-state index in [1.54, 1.807) is 34.9 Å². The molecule has 1 heterocycles. The lowest BCUT2D eigenvalue weighted by atomic mass is 10.2. The number of aryl methyl sites for hydroxylation is 1. The standard InChI is InChI=1S/C21H23N5O3/c1-3-13-22-20(28)24-16-11-9-15(10-12-16)23-19(27)14-26-18-8-6-5-7-17(18)25(4-2)21(26)29/h3,5-12H,1,4,13-14H2,2H3,(H,23,27)(H2,22,24,28). The van der Waals surface area contributed by atoms with Crippen LogP contribution in [0.3, 0.4) is 0 Å². The molecule has 0 aliphatic rings. The van der Waals surface area contributed by atoms with Crippen molar-refractivity contribution in [1.29, 1.82) is 0 Å². The lowest BCUT2D eigenvalue weighted by molar-refractivity contribution is -0.116. The number of anilines is 2. The highest BCUT2D eigenvalue weighted by atomic mass is 16.2. The zero-order valence-corrected chi connectivity index (χ0v) is 16.1. The summed E-state index contributed by atoms with van der Waals surface area (Å²) in [6.45, 7) is 6.24. The van der Waals surface area contributed by atoms with Crippen molar-refractivity contribution >= 4 is 34.3 Å². The maximum Gasteiger partial charge on any atom is 0.329 e. The summed E-state index contributed by atoms with van der Waals surface area (Å²) in [5.41, 5.74) is 2.47. The molecule has 0 saturated heterocycles. The van der Waals surface area contributed by atoms with Crippen LogP contribution in [0.1, 0.15) is 6.92 Å². The van der Waals surface area contributed by atoms with Gasteiger partial charge in [-0.3, -0.25) is 13.9 Å². The predicted molar refractivity (Wildman–Crippen MR) is 114 cm³/mol. The number of hydrogen-bond donors (Lipinski definition) is 3. The molecule has 8 heteroatoms. The lowest BCUT2D eigenvalue weighted by Gasteiger charge is -2.09. The number of fused-ring (bicyclic) bond motifs is 1. The van der Waals surface area contributed by atoms with E-state index in [1.807, 2.05) is 31.2 Å². The highest BCUT2D eigenvalue weighted by molar-refractivity contribution is 5.93. The number of nitrogens with zero attached hydrogens (tertiary/aromatic N) is 2. The number of aromatic nitrogens is 2. The summed E-state index contributed by atoms with van der Waals surface area (Å²) in [6, 6.07) is 13.8. The smallest absolute Gasteiger partial charge is 0.329 e. The van der Waals surface area contributed by atoms with Crippen LogP contribution < -0.4 is 21.6 Å². The number of rotatable bonds is 7. The zero-order valence-electron chi connectivity index (χ0n) is 16.1. The first-order chi connectivity index (χ1) is 14.0. The van der Waals surface area contributed by atoms with Gasteiger partial charge in [0.15, 0.2) is 0 Å². The molecule has 3 N–H and O–H groups in total. The Bertz CT molecular complexity index is 1100. The maximum atomic E-state index is 12.6. The molecule has 0 unspecified atom stereocenters. The molecular weight excluding hydrogens is 370 g/mol. The van der Waals surface area contributed by atoms with E-state index in [9.17, 15) is 14.4 Å². The van der Waals surface area contributed by atoms with Gasteiger partial charge in [-0.1, -0.05) is 18.2 Å². The Labute approximate surface area is 167 Å². The first kappa shape index (κ1) is 19.9. The molecule has 0 radical (unpaired) electrons. The van der Waals surface area contributed by atoms with E-state index in [-0.39, 0.29) is 24.2 Å². The van der Waals surface area contributed by atoms with Crippen molar-refractivity contribution in [3.63, 3.8) is 0 Å². The van der Waals surface area contributed by atoms with Gasteiger partial charge in [0.25, 0.3) is 0 Å². The lowest BCUT2D eigenvalue weighted by Crippen LogP contribution is -2.29. The largest absolute Gasteiger partial charge is 0.334 e. The Morgan fingerprint density at radius 1 is 0.966 bits per heavy atom.